The van der Waals surface area contributed by atoms with E-state index in [0.717, 1.165) is 19.3 Å². The van der Waals surface area contributed by atoms with Gasteiger partial charge in [-0.2, -0.15) is 0 Å². The molecule has 0 spiro atoms. The molecule has 106 valence electrons. The highest BCUT2D eigenvalue weighted by Crippen LogP contribution is 2.25. The van der Waals surface area contributed by atoms with E-state index < -0.39 is 10.0 Å². The molecule has 1 aliphatic rings. The van der Waals surface area contributed by atoms with E-state index in [2.05, 4.69) is 0 Å². The maximum absolute atomic E-state index is 12.0. The minimum absolute atomic E-state index is 0.00434. The van der Waals surface area contributed by atoms with Gasteiger partial charge in [0.1, 0.15) is 12.4 Å². The van der Waals surface area contributed by atoms with E-state index in [9.17, 15) is 8.42 Å². The van der Waals surface area contributed by atoms with E-state index in [1.165, 1.54) is 4.31 Å². The van der Waals surface area contributed by atoms with Crippen molar-refractivity contribution in [3.8, 4) is 5.75 Å². The largest absolute Gasteiger partial charge is 0.492 e. The molecule has 0 radical (unpaired) electrons. The van der Waals surface area contributed by atoms with Gasteiger partial charge in [-0.1, -0.05) is 6.42 Å². The Morgan fingerprint density at radius 2 is 1.95 bits per heavy atom. The summed E-state index contributed by atoms with van der Waals surface area (Å²) in [7, 11) is -1.56. The molecule has 1 saturated carbocycles. The zero-order chi connectivity index (χ0) is 13.9. The topological polar surface area (TPSA) is 72.6 Å². The molecule has 0 saturated heterocycles. The fourth-order valence-corrected chi connectivity index (χ4v) is 3.20. The molecule has 19 heavy (non-hydrogen) atoms. The van der Waals surface area contributed by atoms with Gasteiger partial charge in [0, 0.05) is 18.8 Å². The smallest absolute Gasteiger partial charge is 0.217 e. The van der Waals surface area contributed by atoms with Gasteiger partial charge in [-0.3, -0.25) is 0 Å². The standard InChI is InChI=1S/C13H20N2O3S/c1-15(12-3-2-4-12)19(16,17)10-9-18-13-7-5-11(14)6-8-13/h5-8,12H,2-4,9-10,14H2,1H3. The molecule has 2 N–H and O–H groups in total. The Balaban J connectivity index is 1.82. The minimum atomic E-state index is -3.22. The normalized spacial score (nSPS) is 16.3. The van der Waals surface area contributed by atoms with E-state index in [4.69, 9.17) is 10.5 Å². The number of rotatable bonds is 6. The Labute approximate surface area is 114 Å². The summed E-state index contributed by atoms with van der Waals surface area (Å²) in [6, 6.07) is 7.10. The summed E-state index contributed by atoms with van der Waals surface area (Å²) in [5.74, 6) is 0.639. The number of nitrogens with two attached hydrogens (primary N) is 1. The summed E-state index contributed by atoms with van der Waals surface area (Å²) in [5.41, 5.74) is 6.22. The van der Waals surface area contributed by atoms with Crippen molar-refractivity contribution in [2.24, 2.45) is 0 Å². The number of nitrogen functional groups attached to an aromatic ring is 1. The summed E-state index contributed by atoms with van der Waals surface area (Å²) < 4.78 is 31.0. The van der Waals surface area contributed by atoms with Gasteiger partial charge in [0.2, 0.25) is 10.0 Å². The molecule has 0 unspecified atom stereocenters. The number of hydrogen-bond donors (Lipinski definition) is 1. The maximum atomic E-state index is 12.0. The van der Waals surface area contributed by atoms with Gasteiger partial charge in [-0.25, -0.2) is 12.7 Å². The number of anilines is 1. The van der Waals surface area contributed by atoms with Crippen LogP contribution >= 0.6 is 0 Å². The molecule has 0 aliphatic heterocycles. The molecule has 6 heteroatoms. The van der Waals surface area contributed by atoms with Crippen molar-refractivity contribution in [2.45, 2.75) is 25.3 Å². The molecule has 0 bridgehead atoms. The Bertz CT molecular complexity index is 509. The van der Waals surface area contributed by atoms with Crippen molar-refractivity contribution >= 4 is 15.7 Å². The van der Waals surface area contributed by atoms with Crippen LogP contribution in [0.5, 0.6) is 5.75 Å². The molecule has 1 fully saturated rings. The maximum Gasteiger partial charge on any atom is 0.217 e. The first-order valence-corrected chi connectivity index (χ1v) is 8.04. The van der Waals surface area contributed by atoms with Crippen LogP contribution in [0.1, 0.15) is 19.3 Å². The lowest BCUT2D eigenvalue weighted by Crippen LogP contribution is -2.43. The second kappa shape index (κ2) is 5.79. The quantitative estimate of drug-likeness (QED) is 0.803. The lowest BCUT2D eigenvalue weighted by molar-refractivity contribution is 0.247. The summed E-state index contributed by atoms with van der Waals surface area (Å²) >= 11 is 0. The lowest BCUT2D eigenvalue weighted by atomic mass is 9.94. The lowest BCUT2D eigenvalue weighted by Gasteiger charge is -2.33. The van der Waals surface area contributed by atoms with E-state index in [0.29, 0.717) is 11.4 Å². The van der Waals surface area contributed by atoms with Gasteiger partial charge in [0.05, 0.1) is 5.75 Å². The average Bonchev–Trinajstić information content (AvgIpc) is 2.29. The van der Waals surface area contributed by atoms with Crippen LogP contribution in [0.15, 0.2) is 24.3 Å². The van der Waals surface area contributed by atoms with Crippen molar-refractivity contribution in [3.05, 3.63) is 24.3 Å². The molecule has 1 aliphatic carbocycles. The van der Waals surface area contributed by atoms with Gasteiger partial charge in [-0.05, 0) is 37.1 Å². The van der Waals surface area contributed by atoms with Crippen LogP contribution in [0.4, 0.5) is 5.69 Å². The van der Waals surface area contributed by atoms with E-state index in [-0.39, 0.29) is 18.4 Å². The molecular weight excluding hydrogens is 264 g/mol. The first-order valence-electron chi connectivity index (χ1n) is 6.43. The monoisotopic (exact) mass is 284 g/mol. The molecule has 0 amide bonds. The minimum Gasteiger partial charge on any atom is -0.492 e. The number of hydrogen-bond acceptors (Lipinski definition) is 4. The number of nitrogens with zero attached hydrogens (tertiary/aromatic N) is 1. The van der Waals surface area contributed by atoms with Crippen molar-refractivity contribution in [2.75, 3.05) is 25.1 Å². The van der Waals surface area contributed by atoms with Crippen molar-refractivity contribution in [1.82, 2.24) is 4.31 Å². The summed E-state index contributed by atoms with van der Waals surface area (Å²) in [5, 5.41) is 0. The third kappa shape index (κ3) is 3.61. The molecule has 1 aromatic rings. The number of benzene rings is 1. The third-order valence-corrected chi connectivity index (χ3v) is 5.38. The summed E-state index contributed by atoms with van der Waals surface area (Å²) in [4.78, 5) is 0. The van der Waals surface area contributed by atoms with E-state index in [1.54, 1.807) is 31.3 Å². The number of ether oxygens (including phenoxy) is 1. The molecule has 0 heterocycles. The summed E-state index contributed by atoms with van der Waals surface area (Å²) in [6.07, 6.45) is 3.05. The highest BCUT2D eigenvalue weighted by atomic mass is 32.2. The second-order valence-corrected chi connectivity index (χ2v) is 6.98. The van der Waals surface area contributed by atoms with Crippen LogP contribution < -0.4 is 10.5 Å². The van der Waals surface area contributed by atoms with Crippen molar-refractivity contribution in [1.29, 1.82) is 0 Å². The highest BCUT2D eigenvalue weighted by molar-refractivity contribution is 7.89. The van der Waals surface area contributed by atoms with Gasteiger partial charge in [-0.15, -0.1) is 0 Å². The average molecular weight is 284 g/mol. The van der Waals surface area contributed by atoms with Crippen LogP contribution in [0.2, 0.25) is 0 Å². The molecule has 2 rings (SSSR count). The highest BCUT2D eigenvalue weighted by Gasteiger charge is 2.30. The molecule has 1 aromatic carbocycles. The Morgan fingerprint density at radius 3 is 2.47 bits per heavy atom. The van der Waals surface area contributed by atoms with Gasteiger partial charge in [0.25, 0.3) is 0 Å². The molecule has 0 aromatic heterocycles. The van der Waals surface area contributed by atoms with Gasteiger partial charge < -0.3 is 10.5 Å². The van der Waals surface area contributed by atoms with Gasteiger partial charge >= 0.3 is 0 Å². The second-order valence-electron chi connectivity index (χ2n) is 4.83. The SMILES string of the molecule is CN(C1CCC1)S(=O)(=O)CCOc1ccc(N)cc1. The predicted octanol–water partition coefficient (Wildman–Crippen LogP) is 1.46. The zero-order valence-electron chi connectivity index (χ0n) is 11.1. The van der Waals surface area contributed by atoms with Gasteiger partial charge in [0.15, 0.2) is 0 Å². The molecular formula is C13H20N2O3S. The Kier molecular flexibility index (Phi) is 4.31. The van der Waals surface area contributed by atoms with Crippen LogP contribution in [0, 0.1) is 0 Å². The van der Waals surface area contributed by atoms with Crippen molar-refractivity contribution in [3.63, 3.8) is 0 Å². The molecule has 5 nitrogen and oxygen atoms in total. The van der Waals surface area contributed by atoms with Crippen LogP contribution in [0.25, 0.3) is 0 Å². The first kappa shape index (κ1) is 14.1. The van der Waals surface area contributed by atoms with E-state index in [1.807, 2.05) is 0 Å². The third-order valence-electron chi connectivity index (χ3n) is 3.52. The Hall–Kier alpha value is -1.27. The van der Waals surface area contributed by atoms with Crippen LogP contribution in [-0.4, -0.2) is 38.2 Å². The predicted molar refractivity (Wildman–Crippen MR) is 75.5 cm³/mol. The fourth-order valence-electron chi connectivity index (χ4n) is 1.95. The van der Waals surface area contributed by atoms with Crippen LogP contribution in [-0.2, 0) is 10.0 Å². The fraction of sp³-hybridized carbons (Fsp3) is 0.538. The summed E-state index contributed by atoms with van der Waals surface area (Å²) in [6.45, 7) is 0.156. The number of sulfonamides is 1. The van der Waals surface area contributed by atoms with E-state index >= 15 is 0 Å². The van der Waals surface area contributed by atoms with Crippen LogP contribution in [0.3, 0.4) is 0 Å². The van der Waals surface area contributed by atoms with Crippen molar-refractivity contribution < 1.29 is 13.2 Å². The Morgan fingerprint density at radius 1 is 1.32 bits per heavy atom. The zero-order valence-corrected chi connectivity index (χ0v) is 11.9. The molecule has 0 atom stereocenters. The first-order chi connectivity index (χ1) is 8.99.